The number of carboxylic acid groups (broad SMARTS) is 1. The van der Waals surface area contributed by atoms with Gasteiger partial charge in [0.15, 0.2) is 17.7 Å². The number of aryl methyl sites for hydroxylation is 1. The molecule has 1 aliphatic rings. The Kier molecular flexibility index (Phi) is 7.70. The van der Waals surface area contributed by atoms with E-state index in [1.807, 2.05) is 26.0 Å². The number of fused-ring (bicyclic) bond motifs is 2. The van der Waals surface area contributed by atoms with Crippen LogP contribution in [0.15, 0.2) is 41.2 Å². The number of halogens is 1. The number of aromatic nitrogens is 1. The first-order valence-electron chi connectivity index (χ1n) is 13.2. The molecule has 0 spiro atoms. The van der Waals surface area contributed by atoms with Crippen molar-refractivity contribution in [1.82, 2.24) is 4.57 Å². The lowest BCUT2D eigenvalue weighted by Crippen LogP contribution is -2.29. The van der Waals surface area contributed by atoms with Crippen molar-refractivity contribution in [3.63, 3.8) is 0 Å². The molecule has 1 aliphatic heterocycles. The van der Waals surface area contributed by atoms with E-state index in [2.05, 4.69) is 0 Å². The molecule has 2 aromatic heterocycles. The maximum atomic E-state index is 15.4. The monoisotopic (exact) mass is 565 g/mol. The Morgan fingerprint density at radius 1 is 1.18 bits per heavy atom. The summed E-state index contributed by atoms with van der Waals surface area (Å²) < 4.78 is 34.2. The number of pyridine rings is 1. The fourth-order valence-corrected chi connectivity index (χ4v) is 6.14. The Balaban J connectivity index is 1.77. The molecule has 0 fully saturated rings. The maximum Gasteiger partial charge on any atom is 0.339 e. The van der Waals surface area contributed by atoms with Gasteiger partial charge >= 0.3 is 5.97 Å². The van der Waals surface area contributed by atoms with Crippen LogP contribution in [0.3, 0.4) is 0 Å². The summed E-state index contributed by atoms with van der Waals surface area (Å²) in [6.45, 7) is 8.16. The van der Waals surface area contributed by atoms with E-state index in [9.17, 15) is 14.7 Å². The number of hydrogen-bond donors (Lipinski definition) is 1. The smallest absolute Gasteiger partial charge is 0.339 e. The number of ether oxygens (including phenoxy) is 3. The highest BCUT2D eigenvalue weighted by molar-refractivity contribution is 7.11. The van der Waals surface area contributed by atoms with Crippen molar-refractivity contribution in [2.45, 2.75) is 59.4 Å². The van der Waals surface area contributed by atoms with E-state index in [1.54, 1.807) is 43.4 Å². The third-order valence-corrected chi connectivity index (χ3v) is 8.15. The van der Waals surface area contributed by atoms with Crippen LogP contribution in [0, 0.1) is 19.7 Å². The number of aliphatic carboxylic acids is 1. The zero-order chi connectivity index (χ0) is 28.7. The molecule has 1 atom stereocenters. The molecule has 40 heavy (non-hydrogen) atoms. The average molecular weight is 566 g/mol. The Hall–Kier alpha value is -3.69. The average Bonchev–Trinajstić information content (AvgIpc) is 3.35. The number of carboxylic acids is 1. The van der Waals surface area contributed by atoms with Crippen molar-refractivity contribution in [2.75, 3.05) is 6.61 Å². The minimum atomic E-state index is -1.45. The summed E-state index contributed by atoms with van der Waals surface area (Å²) in [6.07, 6.45) is -0.511. The Morgan fingerprint density at radius 2 is 1.95 bits per heavy atom. The Labute approximate surface area is 235 Å². The van der Waals surface area contributed by atoms with Crippen LogP contribution in [0.5, 0.6) is 11.5 Å². The van der Waals surface area contributed by atoms with Crippen LogP contribution in [0.1, 0.15) is 52.9 Å². The van der Waals surface area contributed by atoms with Crippen LogP contribution in [0.25, 0.3) is 21.9 Å². The van der Waals surface area contributed by atoms with Gasteiger partial charge in [-0.2, -0.15) is 0 Å². The van der Waals surface area contributed by atoms with Gasteiger partial charge in [-0.25, -0.2) is 9.18 Å². The highest BCUT2D eigenvalue weighted by atomic mass is 32.1. The van der Waals surface area contributed by atoms with E-state index in [-0.39, 0.29) is 11.4 Å². The Bertz CT molecular complexity index is 1670. The van der Waals surface area contributed by atoms with Crippen molar-refractivity contribution in [1.29, 1.82) is 0 Å². The van der Waals surface area contributed by atoms with Crippen LogP contribution in [-0.2, 0) is 29.6 Å². The molecule has 3 heterocycles. The van der Waals surface area contributed by atoms with E-state index < -0.39 is 29.6 Å². The summed E-state index contributed by atoms with van der Waals surface area (Å²) >= 11 is 1.64. The molecule has 0 amide bonds. The third-order valence-electron chi connectivity index (χ3n) is 7.18. The van der Waals surface area contributed by atoms with Gasteiger partial charge in [-0.15, -0.1) is 11.3 Å². The van der Waals surface area contributed by atoms with E-state index in [4.69, 9.17) is 14.2 Å². The summed E-state index contributed by atoms with van der Waals surface area (Å²) in [5.74, 6) is -1.03. The standard InChI is InChI=1S/C31H32FNO6S/c1-16(2)39-29(31(35)36)27-26(23-14-25(32)28-21(18(23)4)7-6-12-37-28)22-11-9-19(13-24(22)30(34)33(27)5)38-15-20-10-8-17(3)40-20/h8-11,13-14,16,29H,6-7,12,15H2,1-5H3,(H,35,36)/t29-/m0/s1. The van der Waals surface area contributed by atoms with Gasteiger partial charge in [-0.05, 0) is 93.4 Å². The number of hydrogen-bond acceptors (Lipinski definition) is 6. The van der Waals surface area contributed by atoms with Crippen molar-refractivity contribution in [3.8, 4) is 22.6 Å². The third kappa shape index (κ3) is 5.11. The Morgan fingerprint density at radius 3 is 2.62 bits per heavy atom. The van der Waals surface area contributed by atoms with Gasteiger partial charge < -0.3 is 23.9 Å². The lowest BCUT2D eigenvalue weighted by molar-refractivity contribution is -0.154. The number of nitrogens with zero attached hydrogens (tertiary/aromatic N) is 1. The number of benzene rings is 2. The van der Waals surface area contributed by atoms with Gasteiger partial charge in [0.1, 0.15) is 12.4 Å². The highest BCUT2D eigenvalue weighted by Gasteiger charge is 2.32. The maximum absolute atomic E-state index is 15.4. The van der Waals surface area contributed by atoms with E-state index in [0.29, 0.717) is 47.3 Å². The second-order valence-corrected chi connectivity index (χ2v) is 11.7. The zero-order valence-corrected chi connectivity index (χ0v) is 24.0. The molecule has 5 rings (SSSR count). The van der Waals surface area contributed by atoms with E-state index in [1.165, 1.54) is 22.6 Å². The first kappa shape index (κ1) is 27.9. The van der Waals surface area contributed by atoms with Gasteiger partial charge in [-0.1, -0.05) is 0 Å². The van der Waals surface area contributed by atoms with E-state index in [0.717, 1.165) is 22.4 Å². The zero-order valence-electron chi connectivity index (χ0n) is 23.2. The second-order valence-electron chi connectivity index (χ2n) is 10.3. The van der Waals surface area contributed by atoms with Gasteiger partial charge in [0.2, 0.25) is 0 Å². The van der Waals surface area contributed by atoms with Gasteiger partial charge in [0.05, 0.1) is 23.8 Å². The van der Waals surface area contributed by atoms with Crippen LogP contribution < -0.4 is 15.0 Å². The van der Waals surface area contributed by atoms with Crippen molar-refractivity contribution in [2.24, 2.45) is 7.05 Å². The fourth-order valence-electron chi connectivity index (χ4n) is 5.34. The molecule has 9 heteroatoms. The number of thiophene rings is 1. The van der Waals surface area contributed by atoms with Crippen LogP contribution in [0.4, 0.5) is 4.39 Å². The molecule has 1 N–H and O–H groups in total. The molecule has 4 aromatic rings. The molecule has 0 bridgehead atoms. The summed E-state index contributed by atoms with van der Waals surface area (Å²) in [6, 6.07) is 10.6. The minimum absolute atomic E-state index is 0.153. The summed E-state index contributed by atoms with van der Waals surface area (Å²) in [5, 5.41) is 11.1. The van der Waals surface area contributed by atoms with E-state index >= 15 is 4.39 Å². The SMILES string of the molecule is Cc1ccc(COc2ccc3c(-c4cc(F)c5c(c4C)CCCO5)c([C@H](OC(C)C)C(=O)O)n(C)c(=O)c3c2)s1. The minimum Gasteiger partial charge on any atom is -0.490 e. The first-order valence-corrected chi connectivity index (χ1v) is 14.1. The van der Waals surface area contributed by atoms with Crippen molar-refractivity contribution in [3.05, 3.63) is 79.1 Å². The molecule has 0 saturated carbocycles. The molecule has 2 aromatic carbocycles. The van der Waals surface area contributed by atoms with Gasteiger partial charge in [0.25, 0.3) is 5.56 Å². The highest BCUT2D eigenvalue weighted by Crippen LogP contribution is 2.43. The summed E-state index contributed by atoms with van der Waals surface area (Å²) in [4.78, 5) is 28.5. The van der Waals surface area contributed by atoms with Crippen LogP contribution >= 0.6 is 11.3 Å². The molecule has 0 saturated heterocycles. The molecule has 0 radical (unpaired) electrons. The van der Waals surface area contributed by atoms with Crippen LogP contribution in [0.2, 0.25) is 0 Å². The molecule has 210 valence electrons. The summed E-state index contributed by atoms with van der Waals surface area (Å²) in [7, 11) is 1.52. The quantitative estimate of drug-likeness (QED) is 0.263. The predicted octanol–water partition coefficient (Wildman–Crippen LogP) is 6.48. The molecule has 7 nitrogen and oxygen atoms in total. The van der Waals surface area contributed by atoms with Gasteiger partial charge in [-0.3, -0.25) is 4.79 Å². The fraction of sp³-hybridized carbons (Fsp3) is 0.355. The van der Waals surface area contributed by atoms with Crippen molar-refractivity contribution >= 4 is 28.1 Å². The number of carbonyl (C=O) groups is 1. The first-order chi connectivity index (χ1) is 19.1. The largest absolute Gasteiger partial charge is 0.490 e. The molecule has 0 aliphatic carbocycles. The normalized spacial score (nSPS) is 13.8. The second kappa shape index (κ2) is 11.1. The molecular formula is C31H32FNO6S. The number of rotatable bonds is 8. The predicted molar refractivity (Wildman–Crippen MR) is 153 cm³/mol. The molecular weight excluding hydrogens is 533 g/mol. The van der Waals surface area contributed by atoms with Crippen LogP contribution in [-0.4, -0.2) is 28.4 Å². The summed E-state index contributed by atoms with van der Waals surface area (Å²) in [5.41, 5.74) is 2.22. The van der Waals surface area contributed by atoms with Gasteiger partial charge in [0, 0.05) is 27.9 Å². The lowest BCUT2D eigenvalue weighted by atomic mass is 9.87. The van der Waals surface area contributed by atoms with Crippen molar-refractivity contribution < 1.29 is 28.5 Å². The topological polar surface area (TPSA) is 87.0 Å². The lowest BCUT2D eigenvalue weighted by Gasteiger charge is -2.27. The molecule has 0 unspecified atom stereocenters.